The molecular formula is C12H19N5OS. The smallest absolute Gasteiger partial charge is 0.191 e. The van der Waals surface area contributed by atoms with Crippen LogP contribution in [0, 0.1) is 0 Å². The van der Waals surface area contributed by atoms with E-state index in [0.29, 0.717) is 6.61 Å². The SMILES string of the molecule is COCCn1cnnc1SCCCc1cnn(C)c1. The molecule has 0 unspecified atom stereocenters. The molecule has 2 rings (SSSR count). The van der Waals surface area contributed by atoms with Gasteiger partial charge in [-0.05, 0) is 18.4 Å². The minimum absolute atomic E-state index is 0.682. The van der Waals surface area contributed by atoms with Gasteiger partial charge in [-0.25, -0.2) is 0 Å². The summed E-state index contributed by atoms with van der Waals surface area (Å²) >= 11 is 1.74. The molecule has 0 N–H and O–H groups in total. The number of methoxy groups -OCH3 is 1. The fourth-order valence-corrected chi connectivity index (χ4v) is 2.62. The minimum Gasteiger partial charge on any atom is -0.383 e. The van der Waals surface area contributed by atoms with Crippen molar-refractivity contribution in [2.45, 2.75) is 24.5 Å². The first kappa shape index (κ1) is 14.1. The van der Waals surface area contributed by atoms with Gasteiger partial charge in [0.2, 0.25) is 0 Å². The number of nitrogens with zero attached hydrogens (tertiary/aromatic N) is 5. The lowest BCUT2D eigenvalue weighted by molar-refractivity contribution is 0.184. The fraction of sp³-hybridized carbons (Fsp3) is 0.583. The predicted octanol–water partition coefficient (Wildman–Crippen LogP) is 1.38. The minimum atomic E-state index is 0.682. The van der Waals surface area contributed by atoms with E-state index in [0.717, 1.165) is 30.3 Å². The molecule has 0 aromatic carbocycles. The Morgan fingerprint density at radius 3 is 3.05 bits per heavy atom. The van der Waals surface area contributed by atoms with E-state index in [1.54, 1.807) is 25.2 Å². The largest absolute Gasteiger partial charge is 0.383 e. The van der Waals surface area contributed by atoms with Crippen LogP contribution in [0.3, 0.4) is 0 Å². The molecule has 0 saturated heterocycles. The Morgan fingerprint density at radius 2 is 2.32 bits per heavy atom. The highest BCUT2D eigenvalue weighted by Crippen LogP contribution is 2.16. The van der Waals surface area contributed by atoms with E-state index in [1.165, 1.54) is 5.56 Å². The molecule has 19 heavy (non-hydrogen) atoms. The molecule has 104 valence electrons. The molecule has 0 amide bonds. The highest BCUT2D eigenvalue weighted by molar-refractivity contribution is 7.99. The van der Waals surface area contributed by atoms with Gasteiger partial charge < -0.3 is 9.30 Å². The number of aromatic nitrogens is 5. The van der Waals surface area contributed by atoms with E-state index >= 15 is 0 Å². The van der Waals surface area contributed by atoms with E-state index in [4.69, 9.17) is 4.74 Å². The van der Waals surface area contributed by atoms with Crippen LogP contribution in [-0.2, 0) is 24.8 Å². The van der Waals surface area contributed by atoms with Gasteiger partial charge in [-0.2, -0.15) is 5.10 Å². The molecule has 0 fully saturated rings. The van der Waals surface area contributed by atoms with Crippen LogP contribution in [0.2, 0.25) is 0 Å². The maximum atomic E-state index is 5.06. The lowest BCUT2D eigenvalue weighted by Crippen LogP contribution is -2.04. The number of aryl methyl sites for hydroxylation is 2. The summed E-state index contributed by atoms with van der Waals surface area (Å²) in [5.41, 5.74) is 1.28. The quantitative estimate of drug-likeness (QED) is 0.540. The molecule has 2 aromatic rings. The first-order valence-corrected chi connectivity index (χ1v) is 7.25. The Balaban J connectivity index is 1.72. The zero-order chi connectivity index (χ0) is 13.5. The molecular weight excluding hydrogens is 262 g/mol. The van der Waals surface area contributed by atoms with Crippen molar-refractivity contribution in [2.24, 2.45) is 7.05 Å². The summed E-state index contributed by atoms with van der Waals surface area (Å²) in [6.07, 6.45) is 7.89. The molecule has 6 nitrogen and oxygen atoms in total. The number of hydrogen-bond donors (Lipinski definition) is 0. The van der Waals surface area contributed by atoms with E-state index in [9.17, 15) is 0 Å². The second-order valence-corrected chi connectivity index (χ2v) is 5.34. The third-order valence-corrected chi connectivity index (χ3v) is 3.78. The molecule has 0 saturated carbocycles. The second kappa shape index (κ2) is 7.30. The summed E-state index contributed by atoms with van der Waals surface area (Å²) < 4.78 is 8.92. The van der Waals surface area contributed by atoms with Crippen molar-refractivity contribution >= 4 is 11.8 Å². The van der Waals surface area contributed by atoms with Crippen LogP contribution in [0.1, 0.15) is 12.0 Å². The number of hydrogen-bond acceptors (Lipinski definition) is 5. The van der Waals surface area contributed by atoms with Crippen LogP contribution < -0.4 is 0 Å². The second-order valence-electron chi connectivity index (χ2n) is 4.27. The van der Waals surface area contributed by atoms with Gasteiger partial charge in [-0.15, -0.1) is 10.2 Å². The standard InChI is InChI=1S/C12H19N5OS/c1-16-9-11(8-14-16)4-3-7-19-12-15-13-10-17(12)5-6-18-2/h8-10H,3-7H2,1-2H3. The topological polar surface area (TPSA) is 57.8 Å². The van der Waals surface area contributed by atoms with Crippen molar-refractivity contribution < 1.29 is 4.74 Å². The predicted molar refractivity (Wildman–Crippen MR) is 74.2 cm³/mol. The Bertz CT molecular complexity index is 496. The molecule has 0 spiro atoms. The van der Waals surface area contributed by atoms with E-state index < -0.39 is 0 Å². The van der Waals surface area contributed by atoms with E-state index in [-0.39, 0.29) is 0 Å². The van der Waals surface area contributed by atoms with Gasteiger partial charge in [0.15, 0.2) is 5.16 Å². The number of ether oxygens (including phenoxy) is 1. The summed E-state index contributed by atoms with van der Waals surface area (Å²) in [4.78, 5) is 0. The van der Waals surface area contributed by atoms with Gasteiger partial charge in [0, 0.05) is 32.7 Å². The summed E-state index contributed by atoms with van der Waals surface area (Å²) in [5.74, 6) is 1.03. The summed E-state index contributed by atoms with van der Waals surface area (Å²) in [6.45, 7) is 1.48. The first-order chi connectivity index (χ1) is 9.29. The zero-order valence-corrected chi connectivity index (χ0v) is 12.1. The molecule has 0 bridgehead atoms. The maximum Gasteiger partial charge on any atom is 0.191 e. The molecule has 0 radical (unpaired) electrons. The van der Waals surface area contributed by atoms with Gasteiger partial charge in [0.25, 0.3) is 0 Å². The Morgan fingerprint density at radius 1 is 1.42 bits per heavy atom. The number of thioether (sulfide) groups is 1. The van der Waals surface area contributed by atoms with Gasteiger partial charge in [-0.3, -0.25) is 4.68 Å². The number of rotatable bonds is 8. The lowest BCUT2D eigenvalue weighted by Gasteiger charge is -2.04. The van der Waals surface area contributed by atoms with Gasteiger partial charge in [0.05, 0.1) is 12.8 Å². The molecule has 2 aromatic heterocycles. The molecule has 0 aliphatic rings. The van der Waals surface area contributed by atoms with Crippen LogP contribution in [0.5, 0.6) is 0 Å². The normalized spacial score (nSPS) is 11.1. The first-order valence-electron chi connectivity index (χ1n) is 6.26. The van der Waals surface area contributed by atoms with Crippen LogP contribution in [-0.4, -0.2) is 44.0 Å². The highest BCUT2D eigenvalue weighted by Gasteiger charge is 2.04. The molecule has 0 atom stereocenters. The van der Waals surface area contributed by atoms with Gasteiger partial charge in [0.1, 0.15) is 6.33 Å². The van der Waals surface area contributed by atoms with Gasteiger partial charge in [-0.1, -0.05) is 11.8 Å². The molecule has 2 heterocycles. The average molecular weight is 281 g/mol. The van der Waals surface area contributed by atoms with Gasteiger partial charge >= 0.3 is 0 Å². The van der Waals surface area contributed by atoms with Crippen molar-refractivity contribution in [3.05, 3.63) is 24.3 Å². The van der Waals surface area contributed by atoms with Crippen LogP contribution >= 0.6 is 11.8 Å². The average Bonchev–Trinajstić information content (AvgIpc) is 3.01. The summed E-state index contributed by atoms with van der Waals surface area (Å²) in [7, 11) is 3.64. The zero-order valence-electron chi connectivity index (χ0n) is 11.3. The van der Waals surface area contributed by atoms with Crippen molar-refractivity contribution in [3.63, 3.8) is 0 Å². The Kier molecular flexibility index (Phi) is 5.41. The van der Waals surface area contributed by atoms with Crippen molar-refractivity contribution in [1.29, 1.82) is 0 Å². The monoisotopic (exact) mass is 281 g/mol. The lowest BCUT2D eigenvalue weighted by atomic mass is 10.2. The van der Waals surface area contributed by atoms with Crippen molar-refractivity contribution in [1.82, 2.24) is 24.5 Å². The summed E-state index contributed by atoms with van der Waals surface area (Å²) in [6, 6.07) is 0. The fourth-order valence-electron chi connectivity index (χ4n) is 1.74. The maximum absolute atomic E-state index is 5.06. The van der Waals surface area contributed by atoms with Crippen LogP contribution in [0.15, 0.2) is 23.9 Å². The molecule has 0 aliphatic heterocycles. The highest BCUT2D eigenvalue weighted by atomic mass is 32.2. The molecule has 0 aliphatic carbocycles. The van der Waals surface area contributed by atoms with Crippen LogP contribution in [0.4, 0.5) is 0 Å². The third-order valence-electron chi connectivity index (χ3n) is 2.72. The third kappa shape index (κ3) is 4.36. The van der Waals surface area contributed by atoms with Crippen LogP contribution in [0.25, 0.3) is 0 Å². The molecule has 7 heteroatoms. The van der Waals surface area contributed by atoms with Crippen molar-refractivity contribution in [2.75, 3.05) is 19.5 Å². The Hall–Kier alpha value is -1.34. The van der Waals surface area contributed by atoms with Crippen molar-refractivity contribution in [3.8, 4) is 0 Å². The van der Waals surface area contributed by atoms with E-state index in [2.05, 4.69) is 21.5 Å². The van der Waals surface area contributed by atoms with E-state index in [1.807, 2.05) is 22.5 Å². The summed E-state index contributed by atoms with van der Waals surface area (Å²) in [5, 5.41) is 13.2. The Labute approximate surface area is 117 Å².